The Bertz CT molecular complexity index is 1020. The summed E-state index contributed by atoms with van der Waals surface area (Å²) in [4.78, 5) is 23.3. The Morgan fingerprint density at radius 2 is 1.68 bits per heavy atom. The lowest BCUT2D eigenvalue weighted by molar-refractivity contribution is -0.134. The number of methoxy groups -OCH3 is 2. The normalized spacial score (nSPS) is 11.2. The molecule has 0 radical (unpaired) electrons. The molecule has 1 heterocycles. The van der Waals surface area contributed by atoms with E-state index >= 15 is 0 Å². The second kappa shape index (κ2) is 8.73. The van der Waals surface area contributed by atoms with Crippen LogP contribution in [0.2, 0.25) is 0 Å². The van der Waals surface area contributed by atoms with Crippen LogP contribution < -0.4 is 9.47 Å². The minimum Gasteiger partial charge on any atom is -0.493 e. The first-order valence-electron chi connectivity index (χ1n) is 8.41. The SMILES string of the molecule is COC(=O)/C=C/c1ccc(OC(=O)/C=C/c2cc3ccccc3o2)c(OC)c1. The van der Waals surface area contributed by atoms with E-state index in [0.29, 0.717) is 17.1 Å². The van der Waals surface area contributed by atoms with E-state index in [1.165, 1.54) is 26.4 Å². The molecule has 142 valence electrons. The summed E-state index contributed by atoms with van der Waals surface area (Å²) in [6.45, 7) is 0. The van der Waals surface area contributed by atoms with Crippen molar-refractivity contribution in [3.8, 4) is 11.5 Å². The zero-order valence-corrected chi connectivity index (χ0v) is 15.4. The van der Waals surface area contributed by atoms with Crippen LogP contribution in [0.25, 0.3) is 23.1 Å². The second-order valence-corrected chi connectivity index (χ2v) is 5.71. The van der Waals surface area contributed by atoms with Crippen molar-refractivity contribution in [1.82, 2.24) is 0 Å². The molecule has 6 nitrogen and oxygen atoms in total. The van der Waals surface area contributed by atoms with E-state index in [1.807, 2.05) is 30.3 Å². The zero-order chi connectivity index (χ0) is 19.9. The van der Waals surface area contributed by atoms with Gasteiger partial charge in [-0.1, -0.05) is 24.3 Å². The van der Waals surface area contributed by atoms with Gasteiger partial charge in [-0.25, -0.2) is 9.59 Å². The molecule has 28 heavy (non-hydrogen) atoms. The molecule has 0 unspecified atom stereocenters. The first-order chi connectivity index (χ1) is 13.6. The average Bonchev–Trinajstić information content (AvgIpc) is 3.14. The van der Waals surface area contributed by atoms with Gasteiger partial charge in [-0.3, -0.25) is 0 Å². The van der Waals surface area contributed by atoms with Crippen molar-refractivity contribution < 1.29 is 28.2 Å². The van der Waals surface area contributed by atoms with Crippen LogP contribution in [0.15, 0.2) is 65.1 Å². The van der Waals surface area contributed by atoms with Gasteiger partial charge in [0.1, 0.15) is 11.3 Å². The number of carbonyl (C=O) groups is 2. The summed E-state index contributed by atoms with van der Waals surface area (Å²) in [5.74, 6) is 0.129. The van der Waals surface area contributed by atoms with Gasteiger partial charge in [0.25, 0.3) is 0 Å². The van der Waals surface area contributed by atoms with E-state index in [0.717, 1.165) is 11.0 Å². The molecule has 0 N–H and O–H groups in total. The van der Waals surface area contributed by atoms with E-state index in [-0.39, 0.29) is 5.75 Å². The monoisotopic (exact) mass is 378 g/mol. The maximum absolute atomic E-state index is 12.1. The topological polar surface area (TPSA) is 75.0 Å². The van der Waals surface area contributed by atoms with Gasteiger partial charge in [0, 0.05) is 17.5 Å². The number of ether oxygens (including phenoxy) is 3. The van der Waals surface area contributed by atoms with Crippen molar-refractivity contribution in [2.45, 2.75) is 0 Å². The molecule has 0 aliphatic carbocycles. The number of hydrogen-bond donors (Lipinski definition) is 0. The van der Waals surface area contributed by atoms with Crippen LogP contribution in [0, 0.1) is 0 Å². The van der Waals surface area contributed by atoms with Crippen LogP contribution in [-0.2, 0) is 14.3 Å². The first kappa shape index (κ1) is 19.0. The lowest BCUT2D eigenvalue weighted by Gasteiger charge is -2.08. The van der Waals surface area contributed by atoms with Crippen molar-refractivity contribution in [3.05, 3.63) is 72.0 Å². The minimum absolute atomic E-state index is 0.261. The smallest absolute Gasteiger partial charge is 0.336 e. The standard InChI is InChI=1S/C22H18O6/c1-25-20-13-15(8-11-21(23)26-2)7-10-19(20)28-22(24)12-9-17-14-16-5-3-4-6-18(16)27-17/h3-14H,1-2H3/b11-8+,12-9+. The molecule has 0 aliphatic rings. The van der Waals surface area contributed by atoms with Gasteiger partial charge in [-0.15, -0.1) is 0 Å². The third-order valence-corrected chi connectivity index (χ3v) is 3.84. The molecule has 3 rings (SSSR count). The van der Waals surface area contributed by atoms with Crippen molar-refractivity contribution >= 4 is 35.1 Å². The molecule has 0 atom stereocenters. The van der Waals surface area contributed by atoms with Gasteiger partial charge in [-0.05, 0) is 42.0 Å². The Balaban J connectivity index is 1.70. The van der Waals surface area contributed by atoms with Crippen LogP contribution in [0.5, 0.6) is 11.5 Å². The molecule has 3 aromatic rings. The van der Waals surface area contributed by atoms with Crippen molar-refractivity contribution in [2.75, 3.05) is 14.2 Å². The Morgan fingerprint density at radius 1 is 0.893 bits per heavy atom. The molecular weight excluding hydrogens is 360 g/mol. The number of furan rings is 1. The summed E-state index contributed by atoms with van der Waals surface area (Å²) >= 11 is 0. The quantitative estimate of drug-likeness (QED) is 0.363. The number of fused-ring (bicyclic) bond motifs is 1. The molecule has 0 saturated carbocycles. The van der Waals surface area contributed by atoms with E-state index in [1.54, 1.807) is 30.4 Å². The fourth-order valence-electron chi connectivity index (χ4n) is 2.48. The molecule has 0 spiro atoms. The third kappa shape index (κ3) is 4.67. The van der Waals surface area contributed by atoms with E-state index < -0.39 is 11.9 Å². The van der Waals surface area contributed by atoms with Gasteiger partial charge in [0.2, 0.25) is 0 Å². The number of rotatable bonds is 6. The molecule has 0 saturated heterocycles. The lowest BCUT2D eigenvalue weighted by Crippen LogP contribution is -2.05. The first-order valence-corrected chi connectivity index (χ1v) is 8.41. The van der Waals surface area contributed by atoms with Crippen LogP contribution in [0.3, 0.4) is 0 Å². The fraction of sp³-hybridized carbons (Fsp3) is 0.0909. The highest BCUT2D eigenvalue weighted by Crippen LogP contribution is 2.29. The Labute approximate surface area is 161 Å². The molecule has 0 bridgehead atoms. The Kier molecular flexibility index (Phi) is 5.91. The highest BCUT2D eigenvalue weighted by atomic mass is 16.6. The van der Waals surface area contributed by atoms with Gasteiger partial charge in [0.15, 0.2) is 11.5 Å². The van der Waals surface area contributed by atoms with E-state index in [4.69, 9.17) is 13.9 Å². The van der Waals surface area contributed by atoms with Crippen LogP contribution in [0.1, 0.15) is 11.3 Å². The second-order valence-electron chi connectivity index (χ2n) is 5.71. The maximum atomic E-state index is 12.1. The Morgan fingerprint density at radius 3 is 2.43 bits per heavy atom. The number of benzene rings is 2. The average molecular weight is 378 g/mol. The van der Waals surface area contributed by atoms with Crippen LogP contribution in [0.4, 0.5) is 0 Å². The van der Waals surface area contributed by atoms with Gasteiger partial charge in [0.05, 0.1) is 14.2 Å². The number of esters is 2. The third-order valence-electron chi connectivity index (χ3n) is 3.84. The highest BCUT2D eigenvalue weighted by Gasteiger charge is 2.09. The van der Waals surface area contributed by atoms with Gasteiger partial charge >= 0.3 is 11.9 Å². The molecule has 0 amide bonds. The summed E-state index contributed by atoms with van der Waals surface area (Å²) in [7, 11) is 2.76. The van der Waals surface area contributed by atoms with Crippen molar-refractivity contribution in [2.24, 2.45) is 0 Å². The Hall–Kier alpha value is -3.80. The van der Waals surface area contributed by atoms with Crippen molar-refractivity contribution in [3.63, 3.8) is 0 Å². The summed E-state index contributed by atoms with van der Waals surface area (Å²) in [5, 5.41) is 0.952. The predicted molar refractivity (Wildman–Crippen MR) is 105 cm³/mol. The highest BCUT2D eigenvalue weighted by molar-refractivity contribution is 5.90. The lowest BCUT2D eigenvalue weighted by atomic mass is 10.2. The maximum Gasteiger partial charge on any atom is 0.336 e. The summed E-state index contributed by atoms with van der Waals surface area (Å²) in [5.41, 5.74) is 1.44. The molecule has 1 aromatic heterocycles. The largest absolute Gasteiger partial charge is 0.493 e. The molecular formula is C22H18O6. The minimum atomic E-state index is -0.573. The number of carbonyl (C=O) groups excluding carboxylic acids is 2. The molecule has 0 aliphatic heterocycles. The molecule has 6 heteroatoms. The number of para-hydroxylation sites is 1. The molecule has 0 fully saturated rings. The van der Waals surface area contributed by atoms with Crippen molar-refractivity contribution in [1.29, 1.82) is 0 Å². The van der Waals surface area contributed by atoms with Crippen LogP contribution >= 0.6 is 0 Å². The van der Waals surface area contributed by atoms with E-state index in [2.05, 4.69) is 4.74 Å². The number of hydrogen-bond acceptors (Lipinski definition) is 6. The molecule has 2 aromatic carbocycles. The van der Waals surface area contributed by atoms with Gasteiger partial charge < -0.3 is 18.6 Å². The fourth-order valence-corrected chi connectivity index (χ4v) is 2.48. The van der Waals surface area contributed by atoms with Crippen LogP contribution in [-0.4, -0.2) is 26.2 Å². The summed E-state index contributed by atoms with van der Waals surface area (Å²) in [6, 6.07) is 14.3. The predicted octanol–water partition coefficient (Wildman–Crippen LogP) is 4.25. The van der Waals surface area contributed by atoms with Gasteiger partial charge in [-0.2, -0.15) is 0 Å². The summed E-state index contributed by atoms with van der Waals surface area (Å²) < 4.78 is 20.7. The van der Waals surface area contributed by atoms with E-state index in [9.17, 15) is 9.59 Å². The zero-order valence-electron chi connectivity index (χ0n) is 15.4. The summed E-state index contributed by atoms with van der Waals surface area (Å²) in [6.07, 6.45) is 5.68.